The third-order valence-electron chi connectivity index (χ3n) is 7.66. The Kier molecular flexibility index (Phi) is 9.73. The van der Waals surface area contributed by atoms with Crippen molar-refractivity contribution < 1.29 is 14.6 Å². The lowest BCUT2D eigenvalue weighted by Gasteiger charge is -2.28. The Morgan fingerprint density at radius 2 is 1.79 bits per heavy atom. The van der Waals surface area contributed by atoms with E-state index in [9.17, 15) is 9.70 Å². The van der Waals surface area contributed by atoms with Crippen LogP contribution in [-0.2, 0) is 4.74 Å². The summed E-state index contributed by atoms with van der Waals surface area (Å²) in [5, 5.41) is 15.5. The van der Waals surface area contributed by atoms with Gasteiger partial charge in [-0.15, -0.1) is 0 Å². The number of aromatic nitrogens is 1. The number of amides is 1. The van der Waals surface area contributed by atoms with E-state index >= 15 is 0 Å². The maximum Gasteiger partial charge on any atom is 0.251 e. The van der Waals surface area contributed by atoms with Crippen molar-refractivity contribution in [2.45, 2.75) is 64.0 Å². The van der Waals surface area contributed by atoms with Crippen molar-refractivity contribution in [2.75, 3.05) is 13.4 Å². The molecule has 1 aliphatic carbocycles. The third-order valence-corrected chi connectivity index (χ3v) is 7.66. The molecule has 0 spiro atoms. The highest BCUT2D eigenvalue weighted by atomic mass is 16.6. The van der Waals surface area contributed by atoms with Crippen molar-refractivity contribution >= 4 is 5.91 Å². The molecule has 2 unspecified atom stereocenters. The van der Waals surface area contributed by atoms with E-state index in [4.69, 9.17) is 9.84 Å². The molecule has 7 heteroatoms. The van der Waals surface area contributed by atoms with Crippen LogP contribution in [0.1, 0.15) is 82.4 Å². The van der Waals surface area contributed by atoms with Gasteiger partial charge in [-0.05, 0) is 98.4 Å². The van der Waals surface area contributed by atoms with Crippen molar-refractivity contribution in [3.63, 3.8) is 0 Å². The number of benzene rings is 2. The molecule has 1 fully saturated rings. The van der Waals surface area contributed by atoms with Gasteiger partial charge in [0.2, 0.25) is 0 Å². The number of hydrogen-bond donors (Lipinski definition) is 2. The fourth-order valence-corrected chi connectivity index (χ4v) is 5.49. The molecule has 1 aromatic heterocycles. The third kappa shape index (κ3) is 7.11. The molecular formula is C31H37N3O4. The molecular weight excluding hydrogens is 478 g/mol. The van der Waals surface area contributed by atoms with E-state index in [2.05, 4.69) is 34.5 Å². The van der Waals surface area contributed by atoms with Crippen LogP contribution in [0.4, 0.5) is 0 Å². The summed E-state index contributed by atoms with van der Waals surface area (Å²) >= 11 is 0. The predicted molar refractivity (Wildman–Crippen MR) is 148 cm³/mol. The molecule has 1 saturated carbocycles. The summed E-state index contributed by atoms with van der Waals surface area (Å²) in [4.78, 5) is 29.2. The van der Waals surface area contributed by atoms with Crippen molar-refractivity contribution in [2.24, 2.45) is 11.1 Å². The minimum Gasteiger partial charge on any atom is -0.371 e. The molecule has 2 aromatic carbocycles. The monoisotopic (exact) mass is 515 g/mol. The number of carbonyl (C=O) groups excluding carboxylic acids is 1. The Balaban J connectivity index is 1.49. The van der Waals surface area contributed by atoms with E-state index in [0.29, 0.717) is 24.5 Å². The minimum absolute atomic E-state index is 0.0547. The Morgan fingerprint density at radius 1 is 1.05 bits per heavy atom. The number of nitrogens with zero attached hydrogens (tertiary/aromatic N) is 2. The molecule has 1 amide bonds. The molecule has 2 N–H and O–H groups in total. The fourth-order valence-electron chi connectivity index (χ4n) is 5.49. The molecule has 2 atom stereocenters. The molecule has 7 nitrogen and oxygen atoms in total. The normalized spacial score (nSPS) is 18.9. The largest absolute Gasteiger partial charge is 0.371 e. The van der Waals surface area contributed by atoms with Gasteiger partial charge >= 0.3 is 0 Å². The Morgan fingerprint density at radius 3 is 2.45 bits per heavy atom. The molecule has 1 heterocycles. The highest BCUT2D eigenvalue weighted by Crippen LogP contribution is 2.37. The van der Waals surface area contributed by atoms with Crippen LogP contribution in [0.15, 0.2) is 72.0 Å². The number of rotatable bonds is 11. The number of nitrogens with one attached hydrogen (secondary N) is 1. The molecule has 38 heavy (non-hydrogen) atoms. The SMILES string of the molecule is Cc1cc(C(CC(c2ccc(C(=O)NC3CCC(COCO)CC3)cc2)c2ccccc2C)N=O)ccn1. The van der Waals surface area contributed by atoms with Crippen LogP contribution in [0.25, 0.3) is 0 Å². The lowest BCUT2D eigenvalue weighted by Crippen LogP contribution is -2.38. The summed E-state index contributed by atoms with van der Waals surface area (Å²) in [6.07, 6.45) is 6.01. The van der Waals surface area contributed by atoms with Crippen molar-refractivity contribution in [3.05, 3.63) is 105 Å². The van der Waals surface area contributed by atoms with E-state index in [0.717, 1.165) is 53.6 Å². The van der Waals surface area contributed by atoms with Gasteiger partial charge in [0.15, 0.2) is 0 Å². The minimum atomic E-state index is -0.512. The average Bonchev–Trinajstić information content (AvgIpc) is 2.94. The van der Waals surface area contributed by atoms with Crippen molar-refractivity contribution in [1.82, 2.24) is 10.3 Å². The maximum atomic E-state index is 13.0. The molecule has 0 radical (unpaired) electrons. The topological polar surface area (TPSA) is 101 Å². The van der Waals surface area contributed by atoms with Crippen LogP contribution in [0.3, 0.4) is 0 Å². The van der Waals surface area contributed by atoms with E-state index in [1.54, 1.807) is 6.20 Å². The first-order chi connectivity index (χ1) is 18.5. The second-order valence-corrected chi connectivity index (χ2v) is 10.3. The van der Waals surface area contributed by atoms with E-state index in [1.165, 1.54) is 0 Å². The standard InChI is InChI=1S/C31H37N3O4/c1-21-5-3-4-6-28(21)29(18-30(34-37)26-15-16-32-22(2)17-26)24-9-11-25(12-10-24)31(36)33-27-13-7-23(8-14-27)19-38-20-35/h3-6,9-12,15-17,23,27,29-30,35H,7-8,13-14,18-20H2,1-2H3,(H,33,36). The Labute approximate surface area is 224 Å². The summed E-state index contributed by atoms with van der Waals surface area (Å²) in [6.45, 7) is 4.31. The zero-order valence-electron chi connectivity index (χ0n) is 22.2. The van der Waals surface area contributed by atoms with Gasteiger partial charge in [0.05, 0.1) is 6.61 Å². The molecule has 3 aromatic rings. The van der Waals surface area contributed by atoms with Crippen molar-refractivity contribution in [3.8, 4) is 0 Å². The molecule has 4 rings (SSSR count). The number of aliphatic hydroxyl groups excluding tert-OH is 1. The van der Waals surface area contributed by atoms with Crippen LogP contribution < -0.4 is 5.32 Å². The average molecular weight is 516 g/mol. The molecule has 1 aliphatic rings. The van der Waals surface area contributed by atoms with Gasteiger partial charge in [-0.3, -0.25) is 9.78 Å². The Hall–Kier alpha value is -3.42. The maximum absolute atomic E-state index is 13.0. The fraction of sp³-hybridized carbons (Fsp3) is 0.419. The van der Waals surface area contributed by atoms with Crippen LogP contribution >= 0.6 is 0 Å². The van der Waals surface area contributed by atoms with Crippen LogP contribution in [-0.4, -0.2) is 35.4 Å². The lowest BCUT2D eigenvalue weighted by molar-refractivity contribution is -0.0234. The lowest BCUT2D eigenvalue weighted by atomic mass is 9.82. The van der Waals surface area contributed by atoms with Gasteiger partial charge in [-0.25, -0.2) is 0 Å². The van der Waals surface area contributed by atoms with Gasteiger partial charge in [0.1, 0.15) is 12.8 Å². The highest BCUT2D eigenvalue weighted by Gasteiger charge is 2.25. The van der Waals surface area contributed by atoms with Gasteiger partial charge < -0.3 is 15.2 Å². The van der Waals surface area contributed by atoms with Crippen molar-refractivity contribution in [1.29, 1.82) is 0 Å². The summed E-state index contributed by atoms with van der Waals surface area (Å²) in [7, 11) is 0. The summed E-state index contributed by atoms with van der Waals surface area (Å²) in [6, 6.07) is 19.3. The van der Waals surface area contributed by atoms with Crippen LogP contribution in [0, 0.1) is 24.7 Å². The van der Waals surface area contributed by atoms with Crippen LogP contribution in [0.2, 0.25) is 0 Å². The number of aryl methyl sites for hydroxylation is 2. The quantitative estimate of drug-likeness (QED) is 0.242. The summed E-state index contributed by atoms with van der Waals surface area (Å²) in [5.74, 6) is 0.313. The highest BCUT2D eigenvalue weighted by molar-refractivity contribution is 5.94. The van der Waals surface area contributed by atoms with Gasteiger partial charge in [0, 0.05) is 29.4 Å². The number of pyridine rings is 1. The van der Waals surface area contributed by atoms with Gasteiger partial charge in [-0.1, -0.05) is 41.6 Å². The van der Waals surface area contributed by atoms with E-state index in [1.807, 2.05) is 55.5 Å². The number of ether oxygens (including phenoxy) is 1. The number of aliphatic hydroxyl groups is 1. The Bertz CT molecular complexity index is 1210. The zero-order valence-corrected chi connectivity index (χ0v) is 22.2. The smallest absolute Gasteiger partial charge is 0.251 e. The summed E-state index contributed by atoms with van der Waals surface area (Å²) in [5.41, 5.74) is 5.67. The molecule has 0 bridgehead atoms. The van der Waals surface area contributed by atoms with Gasteiger partial charge in [-0.2, -0.15) is 4.91 Å². The second-order valence-electron chi connectivity index (χ2n) is 10.3. The molecule has 0 aliphatic heterocycles. The van der Waals surface area contributed by atoms with E-state index < -0.39 is 6.04 Å². The number of hydrogen-bond acceptors (Lipinski definition) is 6. The summed E-state index contributed by atoms with van der Waals surface area (Å²) < 4.78 is 5.13. The van der Waals surface area contributed by atoms with Crippen LogP contribution in [0.5, 0.6) is 0 Å². The zero-order chi connectivity index (χ0) is 26.9. The second kappa shape index (κ2) is 13.4. The predicted octanol–water partition coefficient (Wildman–Crippen LogP) is 5.98. The number of carbonyl (C=O) groups is 1. The first kappa shape index (κ1) is 27.6. The van der Waals surface area contributed by atoms with E-state index in [-0.39, 0.29) is 24.7 Å². The van der Waals surface area contributed by atoms with Gasteiger partial charge in [0.25, 0.3) is 5.91 Å². The molecule has 0 saturated heterocycles. The molecule has 200 valence electrons. The first-order valence-electron chi connectivity index (χ1n) is 13.4. The first-order valence-corrected chi connectivity index (χ1v) is 13.4. The number of nitroso groups, excluding NO2 is 1.